The molecular formula is C12H11F. The molecule has 3 aliphatic carbocycles. The van der Waals surface area contributed by atoms with Crippen molar-refractivity contribution in [2.24, 2.45) is 11.3 Å². The lowest BCUT2D eigenvalue weighted by Gasteiger charge is -2.09. The molecule has 0 saturated heterocycles. The van der Waals surface area contributed by atoms with Crippen molar-refractivity contribution >= 4 is 0 Å². The SMILES string of the molecule is Fc1ccc(C23CC2C32CC2)cc1. The first-order chi connectivity index (χ1) is 6.30. The Kier molecular flexibility index (Phi) is 0.789. The third-order valence-electron chi connectivity index (χ3n) is 4.58. The zero-order valence-electron chi connectivity index (χ0n) is 7.39. The molecule has 1 aromatic carbocycles. The molecule has 13 heavy (non-hydrogen) atoms. The van der Waals surface area contributed by atoms with E-state index in [1.54, 1.807) is 12.1 Å². The van der Waals surface area contributed by atoms with Gasteiger partial charge in [-0.05, 0) is 48.3 Å². The van der Waals surface area contributed by atoms with Crippen LogP contribution >= 0.6 is 0 Å². The summed E-state index contributed by atoms with van der Waals surface area (Å²) < 4.78 is 12.7. The van der Waals surface area contributed by atoms with Crippen LogP contribution in [0.1, 0.15) is 24.8 Å². The highest BCUT2D eigenvalue weighted by Crippen LogP contribution is 2.97. The lowest BCUT2D eigenvalue weighted by Crippen LogP contribution is -2.03. The van der Waals surface area contributed by atoms with E-state index in [4.69, 9.17) is 0 Å². The lowest BCUT2D eigenvalue weighted by atomic mass is 9.95. The van der Waals surface area contributed by atoms with Crippen LogP contribution in [0.15, 0.2) is 24.3 Å². The molecule has 0 bridgehead atoms. The summed E-state index contributed by atoms with van der Waals surface area (Å²) in [6.45, 7) is 0. The summed E-state index contributed by atoms with van der Waals surface area (Å²) in [5.74, 6) is 0.869. The van der Waals surface area contributed by atoms with Crippen molar-refractivity contribution in [3.63, 3.8) is 0 Å². The lowest BCUT2D eigenvalue weighted by molar-refractivity contribution is 0.561. The van der Waals surface area contributed by atoms with Gasteiger partial charge in [-0.25, -0.2) is 4.39 Å². The highest BCUT2D eigenvalue weighted by Gasteiger charge is 2.93. The summed E-state index contributed by atoms with van der Waals surface area (Å²) in [6, 6.07) is 7.19. The van der Waals surface area contributed by atoms with Gasteiger partial charge in [0.25, 0.3) is 0 Å². The van der Waals surface area contributed by atoms with E-state index in [-0.39, 0.29) is 5.82 Å². The monoisotopic (exact) mass is 174 g/mol. The summed E-state index contributed by atoms with van der Waals surface area (Å²) in [6.07, 6.45) is 4.22. The first-order valence-corrected chi connectivity index (χ1v) is 5.06. The minimum atomic E-state index is -0.108. The molecule has 0 nitrogen and oxygen atoms in total. The smallest absolute Gasteiger partial charge is 0.123 e. The van der Waals surface area contributed by atoms with Crippen LogP contribution < -0.4 is 0 Å². The molecule has 0 amide bonds. The summed E-state index contributed by atoms with van der Waals surface area (Å²) in [5.41, 5.74) is 2.67. The number of benzene rings is 1. The molecule has 0 heterocycles. The molecule has 3 aliphatic rings. The number of hydrogen-bond acceptors (Lipinski definition) is 0. The molecule has 0 radical (unpaired) electrons. The standard InChI is InChI=1S/C12H11F/c13-9-3-1-8(2-4-9)12-7-10(12)11(12)5-6-11/h1-4,10H,5-7H2. The van der Waals surface area contributed by atoms with Gasteiger partial charge >= 0.3 is 0 Å². The molecule has 66 valence electrons. The van der Waals surface area contributed by atoms with Gasteiger partial charge in [-0.2, -0.15) is 0 Å². The molecule has 3 saturated carbocycles. The molecule has 4 rings (SSSR count). The average molecular weight is 174 g/mol. The first kappa shape index (κ1) is 6.58. The minimum absolute atomic E-state index is 0.108. The third kappa shape index (κ3) is 0.525. The maximum absolute atomic E-state index is 12.7. The number of rotatable bonds is 1. The second-order valence-electron chi connectivity index (χ2n) is 4.89. The topological polar surface area (TPSA) is 0 Å². The Morgan fingerprint density at radius 2 is 1.85 bits per heavy atom. The van der Waals surface area contributed by atoms with Gasteiger partial charge in [-0.1, -0.05) is 12.1 Å². The predicted octanol–water partition coefficient (Wildman–Crippen LogP) is 2.88. The molecule has 3 fully saturated rings. The van der Waals surface area contributed by atoms with Crippen molar-refractivity contribution in [3.8, 4) is 0 Å². The normalized spacial score (nSPS) is 41.5. The van der Waals surface area contributed by atoms with Gasteiger partial charge in [0.15, 0.2) is 0 Å². The highest BCUT2D eigenvalue weighted by atomic mass is 19.1. The first-order valence-electron chi connectivity index (χ1n) is 5.06. The molecule has 0 N–H and O–H groups in total. The Hall–Kier alpha value is -0.850. The van der Waals surface area contributed by atoms with E-state index in [1.807, 2.05) is 12.1 Å². The quantitative estimate of drug-likeness (QED) is 0.614. The van der Waals surface area contributed by atoms with Gasteiger partial charge in [0.1, 0.15) is 5.82 Å². The van der Waals surface area contributed by atoms with Crippen molar-refractivity contribution in [2.75, 3.05) is 0 Å². The predicted molar refractivity (Wildman–Crippen MR) is 47.9 cm³/mol. The fraction of sp³-hybridized carbons (Fsp3) is 0.500. The van der Waals surface area contributed by atoms with Crippen molar-refractivity contribution in [2.45, 2.75) is 24.7 Å². The maximum atomic E-state index is 12.7. The van der Waals surface area contributed by atoms with Crippen LogP contribution in [0, 0.1) is 17.2 Å². The molecule has 1 spiro atoms. The summed E-state index contributed by atoms with van der Waals surface area (Å²) in [5, 5.41) is 0. The van der Waals surface area contributed by atoms with Crippen molar-refractivity contribution in [1.82, 2.24) is 0 Å². The van der Waals surface area contributed by atoms with Crippen LogP contribution in [0.5, 0.6) is 0 Å². The van der Waals surface area contributed by atoms with Crippen LogP contribution in [-0.2, 0) is 5.41 Å². The van der Waals surface area contributed by atoms with E-state index < -0.39 is 0 Å². The van der Waals surface area contributed by atoms with Gasteiger partial charge < -0.3 is 0 Å². The minimum Gasteiger partial charge on any atom is -0.207 e. The molecule has 1 heteroatoms. The van der Waals surface area contributed by atoms with E-state index in [1.165, 1.54) is 24.8 Å². The van der Waals surface area contributed by atoms with Crippen LogP contribution in [-0.4, -0.2) is 0 Å². The van der Waals surface area contributed by atoms with Gasteiger partial charge in [0.05, 0.1) is 0 Å². The summed E-state index contributed by atoms with van der Waals surface area (Å²) >= 11 is 0. The highest BCUT2D eigenvalue weighted by molar-refractivity contribution is 5.55. The summed E-state index contributed by atoms with van der Waals surface area (Å²) in [4.78, 5) is 0. The fourth-order valence-electron chi connectivity index (χ4n) is 3.58. The van der Waals surface area contributed by atoms with Gasteiger partial charge in [-0.3, -0.25) is 0 Å². The van der Waals surface area contributed by atoms with E-state index in [9.17, 15) is 4.39 Å². The zero-order chi connectivity index (χ0) is 8.68. The molecule has 2 unspecified atom stereocenters. The Morgan fingerprint density at radius 1 is 1.15 bits per heavy atom. The Morgan fingerprint density at radius 3 is 2.31 bits per heavy atom. The van der Waals surface area contributed by atoms with E-state index in [2.05, 4.69) is 0 Å². The van der Waals surface area contributed by atoms with E-state index in [0.717, 1.165) is 11.3 Å². The maximum Gasteiger partial charge on any atom is 0.123 e. The van der Waals surface area contributed by atoms with Gasteiger partial charge in [-0.15, -0.1) is 0 Å². The average Bonchev–Trinajstić information content (AvgIpc) is 3.01. The van der Waals surface area contributed by atoms with Crippen LogP contribution in [0.2, 0.25) is 0 Å². The second-order valence-corrected chi connectivity index (χ2v) is 4.89. The van der Waals surface area contributed by atoms with Gasteiger partial charge in [0.2, 0.25) is 0 Å². The van der Waals surface area contributed by atoms with E-state index in [0.29, 0.717) is 5.41 Å². The van der Waals surface area contributed by atoms with E-state index >= 15 is 0 Å². The molecule has 0 aromatic heterocycles. The Labute approximate surface area is 76.8 Å². The zero-order valence-corrected chi connectivity index (χ0v) is 7.39. The van der Waals surface area contributed by atoms with Crippen LogP contribution in [0.3, 0.4) is 0 Å². The van der Waals surface area contributed by atoms with Crippen molar-refractivity contribution in [3.05, 3.63) is 35.6 Å². The van der Waals surface area contributed by atoms with Gasteiger partial charge in [0, 0.05) is 5.41 Å². The number of hydrogen-bond donors (Lipinski definition) is 0. The third-order valence-corrected chi connectivity index (χ3v) is 4.58. The molecule has 1 aromatic rings. The molecule has 0 aliphatic heterocycles. The number of halogens is 1. The number of fused-ring (bicyclic) bond motifs is 3. The van der Waals surface area contributed by atoms with Crippen molar-refractivity contribution < 1.29 is 4.39 Å². The second kappa shape index (κ2) is 1.56. The van der Waals surface area contributed by atoms with Crippen LogP contribution in [0.4, 0.5) is 4.39 Å². The molecular weight excluding hydrogens is 163 g/mol. The fourth-order valence-corrected chi connectivity index (χ4v) is 3.58. The summed E-state index contributed by atoms with van der Waals surface area (Å²) in [7, 11) is 0. The Balaban J connectivity index is 1.79. The largest absolute Gasteiger partial charge is 0.207 e. The Bertz CT molecular complexity index is 388. The van der Waals surface area contributed by atoms with Crippen molar-refractivity contribution in [1.29, 1.82) is 0 Å². The molecule has 2 atom stereocenters. The van der Waals surface area contributed by atoms with Crippen LogP contribution in [0.25, 0.3) is 0 Å².